The molecule has 4 fully saturated rings. The van der Waals surface area contributed by atoms with Gasteiger partial charge in [0.25, 0.3) is 23.6 Å². The number of imidazole rings is 4. The van der Waals surface area contributed by atoms with Gasteiger partial charge < -0.3 is 82.2 Å². The molecule has 4 aliphatic heterocycles. The van der Waals surface area contributed by atoms with Crippen LogP contribution in [0.2, 0.25) is 5.02 Å². The molecule has 4 N–H and O–H groups in total. The minimum absolute atomic E-state index is 0.0471. The van der Waals surface area contributed by atoms with Crippen LogP contribution in [0.3, 0.4) is 0 Å². The van der Waals surface area contributed by atoms with Gasteiger partial charge in [-0.3, -0.25) is 33.6 Å². The Bertz CT molecular complexity index is 6210. The number of benzene rings is 4. The fourth-order valence-corrected chi connectivity index (χ4v) is 16.7. The second-order valence-corrected chi connectivity index (χ2v) is 32.5. The van der Waals surface area contributed by atoms with Gasteiger partial charge in [0.2, 0.25) is 17.7 Å². The van der Waals surface area contributed by atoms with E-state index in [2.05, 4.69) is 54.7 Å². The molecule has 678 valence electrons. The van der Waals surface area contributed by atoms with Crippen molar-refractivity contribution in [2.75, 3.05) is 114 Å². The molecule has 0 radical (unpaired) electrons. The number of hydrogen-bond donors (Lipinski definition) is 4. The number of amides is 8. The van der Waals surface area contributed by atoms with E-state index in [1.54, 1.807) is 46.1 Å². The molecule has 129 heavy (non-hydrogen) atoms. The van der Waals surface area contributed by atoms with Crippen molar-refractivity contribution in [3.63, 3.8) is 0 Å². The van der Waals surface area contributed by atoms with Crippen molar-refractivity contribution in [2.45, 2.75) is 119 Å². The monoisotopic (exact) mass is 1790 g/mol. The summed E-state index contributed by atoms with van der Waals surface area (Å²) in [4.78, 5) is 122. The number of aryl methyl sites for hydroxylation is 5. The maximum absolute atomic E-state index is 15.1. The summed E-state index contributed by atoms with van der Waals surface area (Å²) in [6, 6.07) is 30.5. The van der Waals surface area contributed by atoms with E-state index >= 15 is 17.6 Å². The fourth-order valence-electron chi connectivity index (χ4n) is 16.5. The van der Waals surface area contributed by atoms with Crippen LogP contribution in [0.25, 0.3) is 67.6 Å². The number of ether oxygens (including phenoxy) is 5. The molecule has 29 nitrogen and oxygen atoms in total. The third kappa shape index (κ3) is 21.4. The van der Waals surface area contributed by atoms with Gasteiger partial charge in [-0.05, 0) is 160 Å². The number of hydrogen-bond acceptors (Lipinski definition) is 17. The van der Waals surface area contributed by atoms with Crippen LogP contribution in [0.1, 0.15) is 126 Å². The van der Waals surface area contributed by atoms with Crippen molar-refractivity contribution < 1.29 is 79.6 Å². The van der Waals surface area contributed by atoms with E-state index in [9.17, 15) is 38.4 Å². The summed E-state index contributed by atoms with van der Waals surface area (Å²) in [6.07, 6.45) is 8.38. The Morgan fingerprint density at radius 2 is 0.744 bits per heavy atom. The number of halogens is 5. The number of fused-ring (bicyclic) bond motifs is 4. The predicted octanol–water partition coefficient (Wildman–Crippen LogP) is 12.4. The molecule has 0 bridgehead atoms. The van der Waals surface area contributed by atoms with Crippen LogP contribution >= 0.6 is 11.6 Å². The molecule has 4 aliphatic rings. The van der Waals surface area contributed by atoms with Crippen molar-refractivity contribution in [3.8, 4) is 45.0 Å². The van der Waals surface area contributed by atoms with E-state index in [4.69, 9.17) is 45.3 Å². The van der Waals surface area contributed by atoms with Crippen molar-refractivity contribution in [2.24, 2.45) is 0 Å². The van der Waals surface area contributed by atoms with Crippen molar-refractivity contribution in [1.29, 1.82) is 0 Å². The molecule has 0 aliphatic carbocycles. The lowest BCUT2D eigenvalue weighted by atomic mass is 9.99. The third-order valence-electron chi connectivity index (χ3n) is 23.1. The minimum Gasteiger partial charge on any atom is -0.453 e. The van der Waals surface area contributed by atoms with E-state index < -0.39 is 47.3 Å². The highest BCUT2D eigenvalue weighted by atomic mass is 35.5. The van der Waals surface area contributed by atoms with Gasteiger partial charge in [-0.2, -0.15) is 0 Å². The van der Waals surface area contributed by atoms with Gasteiger partial charge >= 0.3 is 6.09 Å². The first-order valence-corrected chi connectivity index (χ1v) is 43.1. The van der Waals surface area contributed by atoms with Crippen LogP contribution in [-0.2, 0) is 63.8 Å². The smallest absolute Gasteiger partial charge is 0.409 e. The number of nitrogens with one attached hydrogen (secondary N) is 4. The zero-order chi connectivity index (χ0) is 92.3. The Balaban J connectivity index is 0.000000147. The van der Waals surface area contributed by atoms with Crippen molar-refractivity contribution in [3.05, 3.63) is 235 Å². The molecule has 12 heterocycles. The molecule has 4 aromatic carbocycles. The topological polar surface area (TPSA) is 313 Å². The highest BCUT2D eigenvalue weighted by Crippen LogP contribution is 2.38. The Morgan fingerprint density at radius 1 is 0.419 bits per heavy atom. The molecule has 8 amide bonds. The van der Waals surface area contributed by atoms with Crippen molar-refractivity contribution >= 4 is 81.6 Å². The number of aromatic nitrogens is 8. The summed E-state index contributed by atoms with van der Waals surface area (Å²) in [6.45, 7) is 23.0. The van der Waals surface area contributed by atoms with Gasteiger partial charge in [0, 0.05) is 189 Å². The minimum atomic E-state index is -0.893. The number of rotatable bonds is 18. The second kappa shape index (κ2) is 41.4. The van der Waals surface area contributed by atoms with Crippen LogP contribution in [0.5, 0.6) is 0 Å². The first-order valence-electron chi connectivity index (χ1n) is 42.7. The molecule has 34 heteroatoms. The van der Waals surface area contributed by atoms with Gasteiger partial charge in [0.05, 0.1) is 121 Å². The fraction of sp³-hybridized carbons (Fsp3) is 0.368. The molecule has 0 unspecified atom stereocenters. The number of nitrogens with zero attached hydrogens (tertiary/aromatic N) is 12. The van der Waals surface area contributed by atoms with E-state index in [1.807, 2.05) is 135 Å². The lowest BCUT2D eigenvalue weighted by Crippen LogP contribution is -2.46. The molecule has 8 aromatic heterocycles. The van der Waals surface area contributed by atoms with Crippen molar-refractivity contribution in [1.82, 2.24) is 78.4 Å². The number of morpholine rings is 4. The first kappa shape index (κ1) is 93.7. The Labute approximate surface area is 748 Å². The van der Waals surface area contributed by atoms with Gasteiger partial charge in [0.1, 0.15) is 45.9 Å². The number of methoxy groups -OCH3 is 1. The molecular formula is C95H105ClF4N16O13. The second-order valence-electron chi connectivity index (χ2n) is 32.1. The SMILES string of the molecule is CCC(=O)N1CCO[C@@H](Cc2c(-c3ccc(C(=O)NC)cc3C)nc3cc(Cl)ccn23)C1.CCNC(=O)c1ccc(-c2nc3cc(C)ccn3c2C[C@H]2CN(C(C)=O)CCO2)c(C)c1.CNC(=O)c1cc(F)c(-c2nc3cc(C)ccn3c2C[C@@H]2CN(C(=O)OC)CCO2)c(F)c1.CNC(=O)c1cc(F)c(-c2nc3cc(C)ccn3c2C[C@H]2CN(C(C)=O)CCO2)c(F)c1. The van der Waals surface area contributed by atoms with Gasteiger partial charge in [0.15, 0.2) is 0 Å². The van der Waals surface area contributed by atoms with E-state index in [-0.39, 0.29) is 94.5 Å². The average Bonchev–Trinajstić information content (AvgIpc) is 1.63. The summed E-state index contributed by atoms with van der Waals surface area (Å²) in [5.41, 5.74) is 15.1. The maximum atomic E-state index is 15.1. The Hall–Kier alpha value is -13.0. The normalized spacial score (nSPS) is 16.3. The summed E-state index contributed by atoms with van der Waals surface area (Å²) < 4.78 is 96.5. The molecule has 16 rings (SSSR count). The summed E-state index contributed by atoms with van der Waals surface area (Å²) in [5.74, 6) is -4.75. The zero-order valence-corrected chi connectivity index (χ0v) is 75.1. The van der Waals surface area contributed by atoms with Crippen LogP contribution in [0.4, 0.5) is 22.4 Å². The summed E-state index contributed by atoms with van der Waals surface area (Å²) in [7, 11) is 5.71. The highest BCUT2D eigenvalue weighted by Gasteiger charge is 2.34. The molecular weight excluding hydrogens is 1680 g/mol. The molecule has 0 saturated carbocycles. The summed E-state index contributed by atoms with van der Waals surface area (Å²) >= 11 is 6.22. The molecule has 4 saturated heterocycles. The molecule has 4 atom stereocenters. The Morgan fingerprint density at radius 3 is 1.10 bits per heavy atom. The molecule has 12 aromatic rings. The Kier molecular flexibility index (Phi) is 30.1. The summed E-state index contributed by atoms with van der Waals surface area (Å²) in [5, 5.41) is 10.8. The maximum Gasteiger partial charge on any atom is 0.409 e. The number of carbonyl (C=O) groups is 8. The quantitative estimate of drug-likeness (QED) is 0.0580. The van der Waals surface area contributed by atoms with Gasteiger partial charge in [-0.25, -0.2) is 42.3 Å². The van der Waals surface area contributed by atoms with Crippen LogP contribution in [-0.4, -0.2) is 243 Å². The van der Waals surface area contributed by atoms with Crippen LogP contribution in [0.15, 0.2) is 134 Å². The number of pyridine rings is 4. The average molecular weight is 1790 g/mol. The van der Waals surface area contributed by atoms with Crippen LogP contribution < -0.4 is 21.3 Å². The van der Waals surface area contributed by atoms with Gasteiger partial charge in [-0.1, -0.05) is 30.7 Å². The third-order valence-corrected chi connectivity index (χ3v) is 23.4. The lowest BCUT2D eigenvalue weighted by Gasteiger charge is -2.33. The largest absolute Gasteiger partial charge is 0.453 e. The molecule has 0 spiro atoms. The van der Waals surface area contributed by atoms with Gasteiger partial charge in [-0.15, -0.1) is 0 Å². The highest BCUT2D eigenvalue weighted by molar-refractivity contribution is 6.30. The number of carbonyl (C=O) groups excluding carboxylic acids is 8. The van der Waals surface area contributed by atoms with E-state index in [0.717, 1.165) is 97.3 Å². The van der Waals surface area contributed by atoms with E-state index in [0.29, 0.717) is 143 Å². The standard InChI is InChI=1S/C25H30N4O3.C24H27ClN4O3.C23H24F2N4O4.C23H24F2N4O3/c1-5-26-25(31)19-6-7-21(17(3)13-19)24-22(29-9-8-16(2)12-23(29)27-24)14-20-15-28(18(4)30)10-11-32-20;1-4-22(30)28-9-10-32-18(14-28)13-20-23(27-21-12-17(25)7-8-29(20)21)19-6-5-16(11-15(19)2)24(31)26-3;1-13-4-5-29-18(11-15-12-28(6-7-33-15)23(31)32-3)21(27-19(29)8-13)20-16(24)9-14(10-17(20)25)22(30)26-2;1-13-4-5-29-19(11-16-12-28(14(2)30)6-7-32-16)22(27-20(29)8-13)21-17(24)9-15(10-18(21)25)23(31)26-3/h6-9,12-13,20H,5,10-11,14-15H2,1-4H3,(H,26,31);5-8,11-12,18H,4,9-10,13-14H2,1-3H3,(H,26,31);4-5,8-10,15H,6-7,11-12H2,1-3H3,(H,26,30);4-5,8-10,16H,6-7,11-12H2,1-3H3,(H,26,31)/t20-;18-;15-;16-/m0010/s1. The predicted molar refractivity (Wildman–Crippen MR) is 478 cm³/mol. The van der Waals surface area contributed by atoms with E-state index in [1.165, 1.54) is 33.0 Å². The first-order chi connectivity index (χ1) is 61.9. The zero-order valence-electron chi connectivity index (χ0n) is 74.3. The lowest BCUT2D eigenvalue weighted by molar-refractivity contribution is -0.138. The van der Waals surface area contributed by atoms with Crippen LogP contribution in [0, 0.1) is 57.9 Å².